The highest BCUT2D eigenvalue weighted by Crippen LogP contribution is 2.21. The van der Waals surface area contributed by atoms with Gasteiger partial charge >= 0.3 is 5.97 Å². The Morgan fingerprint density at radius 1 is 1.78 bits per heavy atom. The van der Waals surface area contributed by atoms with Gasteiger partial charge < -0.3 is 19.9 Å². The molecule has 0 fully saturated rings. The van der Waals surface area contributed by atoms with E-state index in [4.69, 9.17) is 17.0 Å². The minimum Gasteiger partial charge on any atom is -0.467 e. The van der Waals surface area contributed by atoms with Gasteiger partial charge in [0.25, 0.3) is 0 Å². The molecule has 0 bridgehead atoms. The Morgan fingerprint density at radius 2 is 2.56 bits per heavy atom. The maximum atomic E-state index is 11.8. The SMILES string of the molecule is CCNC(=S)N1Cc2[nH]cnc2CC1C(=O)OC. The molecule has 2 rings (SSSR count). The molecule has 2 heterocycles. The van der Waals surface area contributed by atoms with Crippen molar-refractivity contribution in [3.05, 3.63) is 17.7 Å². The normalized spacial score (nSPS) is 18.1. The molecule has 98 valence electrons. The van der Waals surface area contributed by atoms with Gasteiger partial charge in [0.2, 0.25) is 0 Å². The van der Waals surface area contributed by atoms with Gasteiger partial charge in [0.1, 0.15) is 6.04 Å². The number of carbonyl (C=O) groups excluding carboxylic acids is 1. The van der Waals surface area contributed by atoms with Crippen LogP contribution < -0.4 is 5.32 Å². The summed E-state index contributed by atoms with van der Waals surface area (Å²) in [6, 6.07) is -0.405. The minimum absolute atomic E-state index is 0.288. The lowest BCUT2D eigenvalue weighted by atomic mass is 10.0. The van der Waals surface area contributed by atoms with E-state index in [-0.39, 0.29) is 5.97 Å². The highest BCUT2D eigenvalue weighted by atomic mass is 32.1. The molecule has 0 amide bonds. The lowest BCUT2D eigenvalue weighted by Crippen LogP contribution is -2.52. The fourth-order valence-corrected chi connectivity index (χ4v) is 2.38. The minimum atomic E-state index is -0.405. The molecule has 1 aromatic heterocycles. The summed E-state index contributed by atoms with van der Waals surface area (Å²) in [7, 11) is 1.39. The molecule has 2 N–H and O–H groups in total. The zero-order valence-electron chi connectivity index (χ0n) is 10.4. The maximum Gasteiger partial charge on any atom is 0.328 e. The molecular weight excluding hydrogens is 252 g/mol. The Bertz CT molecular complexity index is 460. The van der Waals surface area contributed by atoms with Crippen molar-refractivity contribution in [3.8, 4) is 0 Å². The molecule has 1 aromatic rings. The van der Waals surface area contributed by atoms with Crippen molar-refractivity contribution in [1.29, 1.82) is 0 Å². The van der Waals surface area contributed by atoms with Crippen molar-refractivity contribution >= 4 is 23.3 Å². The summed E-state index contributed by atoms with van der Waals surface area (Å²) in [6.45, 7) is 3.23. The largest absolute Gasteiger partial charge is 0.467 e. The number of carbonyl (C=O) groups is 1. The van der Waals surface area contributed by atoms with Gasteiger partial charge in [-0.2, -0.15) is 0 Å². The van der Waals surface area contributed by atoms with E-state index < -0.39 is 6.04 Å². The summed E-state index contributed by atoms with van der Waals surface area (Å²) in [4.78, 5) is 20.9. The van der Waals surface area contributed by atoms with E-state index in [1.807, 2.05) is 11.8 Å². The number of thiocarbonyl (C=S) groups is 1. The average molecular weight is 268 g/mol. The predicted octanol–water partition coefficient (Wildman–Crippen LogP) is 0.204. The van der Waals surface area contributed by atoms with Crippen LogP contribution in [0.15, 0.2) is 6.33 Å². The summed E-state index contributed by atoms with van der Waals surface area (Å²) in [5.74, 6) is -0.288. The molecular formula is C11H16N4O2S. The molecule has 1 aliphatic rings. The van der Waals surface area contributed by atoms with Crippen molar-refractivity contribution in [3.63, 3.8) is 0 Å². The number of nitrogens with zero attached hydrogens (tertiary/aromatic N) is 2. The van der Waals surface area contributed by atoms with Crippen LogP contribution in [0.1, 0.15) is 18.3 Å². The van der Waals surface area contributed by atoms with Crippen LogP contribution in [-0.4, -0.2) is 45.6 Å². The summed E-state index contributed by atoms with van der Waals surface area (Å²) in [5, 5.41) is 3.63. The lowest BCUT2D eigenvalue weighted by Gasteiger charge is -2.34. The van der Waals surface area contributed by atoms with Crippen molar-refractivity contribution in [1.82, 2.24) is 20.2 Å². The molecule has 1 unspecified atom stereocenters. The molecule has 0 spiro atoms. The lowest BCUT2D eigenvalue weighted by molar-refractivity contribution is -0.145. The molecule has 0 saturated carbocycles. The van der Waals surface area contributed by atoms with Crippen molar-refractivity contribution in [2.75, 3.05) is 13.7 Å². The van der Waals surface area contributed by atoms with Gasteiger partial charge in [-0.25, -0.2) is 9.78 Å². The Balaban J connectivity index is 2.24. The summed E-state index contributed by atoms with van der Waals surface area (Å²) in [5.41, 5.74) is 1.90. The first-order valence-corrected chi connectivity index (χ1v) is 6.21. The highest BCUT2D eigenvalue weighted by molar-refractivity contribution is 7.80. The molecule has 6 nitrogen and oxygen atoms in total. The number of ether oxygens (including phenoxy) is 1. The third kappa shape index (κ3) is 2.31. The van der Waals surface area contributed by atoms with Crippen LogP contribution in [-0.2, 0) is 22.5 Å². The number of imidazole rings is 1. The second kappa shape index (κ2) is 5.34. The maximum absolute atomic E-state index is 11.8. The van der Waals surface area contributed by atoms with Crippen LogP contribution in [0.3, 0.4) is 0 Å². The molecule has 0 aliphatic carbocycles. The van der Waals surface area contributed by atoms with Gasteiger partial charge in [-0.05, 0) is 19.1 Å². The van der Waals surface area contributed by atoms with Gasteiger partial charge in [-0.1, -0.05) is 0 Å². The number of rotatable bonds is 2. The van der Waals surface area contributed by atoms with E-state index in [1.54, 1.807) is 6.33 Å². The van der Waals surface area contributed by atoms with Crippen LogP contribution in [0, 0.1) is 0 Å². The number of esters is 1. The number of H-pyrrole nitrogens is 1. The van der Waals surface area contributed by atoms with E-state index in [9.17, 15) is 4.79 Å². The number of methoxy groups -OCH3 is 1. The van der Waals surface area contributed by atoms with Gasteiger partial charge in [0.05, 0.1) is 31.4 Å². The molecule has 7 heteroatoms. The van der Waals surface area contributed by atoms with Crippen LogP contribution in [0.4, 0.5) is 0 Å². The topological polar surface area (TPSA) is 70.2 Å². The number of hydrogen-bond acceptors (Lipinski definition) is 4. The molecule has 1 aliphatic heterocycles. The van der Waals surface area contributed by atoms with E-state index in [0.29, 0.717) is 18.1 Å². The number of aromatic nitrogens is 2. The average Bonchev–Trinajstić information content (AvgIpc) is 2.83. The van der Waals surface area contributed by atoms with Gasteiger partial charge in [-0.3, -0.25) is 0 Å². The monoisotopic (exact) mass is 268 g/mol. The highest BCUT2D eigenvalue weighted by Gasteiger charge is 2.34. The van der Waals surface area contributed by atoms with Gasteiger partial charge in [0, 0.05) is 13.0 Å². The fraction of sp³-hybridized carbons (Fsp3) is 0.545. The summed E-state index contributed by atoms with van der Waals surface area (Å²) >= 11 is 5.29. The molecule has 18 heavy (non-hydrogen) atoms. The Kier molecular flexibility index (Phi) is 3.81. The van der Waals surface area contributed by atoms with Crippen molar-refractivity contribution in [2.45, 2.75) is 25.9 Å². The number of aromatic amines is 1. The third-order valence-electron chi connectivity index (χ3n) is 2.96. The van der Waals surface area contributed by atoms with E-state index in [1.165, 1.54) is 7.11 Å². The summed E-state index contributed by atoms with van der Waals surface area (Å²) in [6.07, 6.45) is 2.15. The fourth-order valence-electron chi connectivity index (χ4n) is 2.05. The quantitative estimate of drug-likeness (QED) is 0.590. The van der Waals surface area contributed by atoms with Crippen LogP contribution in [0.2, 0.25) is 0 Å². The summed E-state index contributed by atoms with van der Waals surface area (Å²) < 4.78 is 4.83. The van der Waals surface area contributed by atoms with E-state index in [2.05, 4.69) is 15.3 Å². The molecule has 0 aromatic carbocycles. The van der Waals surface area contributed by atoms with Crippen LogP contribution in [0.5, 0.6) is 0 Å². The van der Waals surface area contributed by atoms with E-state index >= 15 is 0 Å². The van der Waals surface area contributed by atoms with E-state index in [0.717, 1.165) is 17.9 Å². The zero-order valence-corrected chi connectivity index (χ0v) is 11.2. The van der Waals surface area contributed by atoms with Gasteiger partial charge in [-0.15, -0.1) is 0 Å². The van der Waals surface area contributed by atoms with Gasteiger partial charge in [0.15, 0.2) is 5.11 Å². The number of hydrogen-bond donors (Lipinski definition) is 2. The second-order valence-electron chi connectivity index (χ2n) is 4.03. The number of fused-ring (bicyclic) bond motifs is 1. The predicted molar refractivity (Wildman–Crippen MR) is 69.9 cm³/mol. The molecule has 1 atom stereocenters. The second-order valence-corrected chi connectivity index (χ2v) is 4.42. The van der Waals surface area contributed by atoms with Crippen LogP contribution >= 0.6 is 12.2 Å². The zero-order chi connectivity index (χ0) is 13.1. The van der Waals surface area contributed by atoms with Crippen LogP contribution in [0.25, 0.3) is 0 Å². The standard InChI is InChI=1S/C11H16N4O2S/c1-3-12-11(18)15-5-8-7(13-6-14-8)4-9(15)10(16)17-2/h6,9H,3-5H2,1-2H3,(H,12,18)(H,13,14). The van der Waals surface area contributed by atoms with Crippen molar-refractivity contribution < 1.29 is 9.53 Å². The first-order valence-electron chi connectivity index (χ1n) is 5.80. The number of nitrogens with one attached hydrogen (secondary N) is 2. The van der Waals surface area contributed by atoms with Crippen molar-refractivity contribution in [2.24, 2.45) is 0 Å². The molecule has 0 radical (unpaired) electrons. The smallest absolute Gasteiger partial charge is 0.328 e. The first kappa shape index (κ1) is 12.8. The molecule has 0 saturated heterocycles. The third-order valence-corrected chi connectivity index (χ3v) is 3.34. The first-order chi connectivity index (χ1) is 8.67. The Hall–Kier alpha value is -1.63. The Labute approximate surface area is 111 Å². The Morgan fingerprint density at radius 3 is 3.22 bits per heavy atom.